The quantitative estimate of drug-likeness (QED) is 0.738. The lowest BCUT2D eigenvalue weighted by Crippen LogP contribution is -2.09. The van der Waals surface area contributed by atoms with E-state index in [1.54, 1.807) is 13.0 Å². The first-order valence-corrected chi connectivity index (χ1v) is 4.30. The number of hydrogen-bond acceptors (Lipinski definition) is 2. The SMILES string of the molecule is CC[C@H](N)c1cc(C)cc(F)c1O. The third-order valence-electron chi connectivity index (χ3n) is 2.08. The summed E-state index contributed by atoms with van der Waals surface area (Å²) >= 11 is 0. The van der Waals surface area contributed by atoms with Crippen molar-refractivity contribution in [1.82, 2.24) is 0 Å². The molecule has 3 heteroatoms. The minimum Gasteiger partial charge on any atom is -0.505 e. The van der Waals surface area contributed by atoms with Gasteiger partial charge in [-0.2, -0.15) is 0 Å². The average Bonchev–Trinajstić information content (AvgIpc) is 2.10. The molecule has 0 bridgehead atoms. The van der Waals surface area contributed by atoms with Crippen molar-refractivity contribution in [1.29, 1.82) is 0 Å². The second kappa shape index (κ2) is 3.75. The minimum absolute atomic E-state index is 0.297. The Hall–Kier alpha value is -1.09. The van der Waals surface area contributed by atoms with Crippen molar-refractivity contribution >= 4 is 0 Å². The van der Waals surface area contributed by atoms with Crippen molar-refractivity contribution in [2.75, 3.05) is 0 Å². The van der Waals surface area contributed by atoms with Gasteiger partial charge in [0.1, 0.15) is 0 Å². The van der Waals surface area contributed by atoms with Gasteiger partial charge in [-0.1, -0.05) is 13.0 Å². The first-order valence-electron chi connectivity index (χ1n) is 4.30. The summed E-state index contributed by atoms with van der Waals surface area (Å²) in [6.45, 7) is 3.67. The summed E-state index contributed by atoms with van der Waals surface area (Å²) in [5.41, 5.74) is 6.96. The highest BCUT2D eigenvalue weighted by atomic mass is 19.1. The van der Waals surface area contributed by atoms with Crippen molar-refractivity contribution in [2.45, 2.75) is 26.3 Å². The summed E-state index contributed by atoms with van der Waals surface area (Å²) in [5.74, 6) is -0.918. The Morgan fingerprint density at radius 3 is 2.69 bits per heavy atom. The molecule has 0 aliphatic rings. The molecular weight excluding hydrogens is 169 g/mol. The third-order valence-corrected chi connectivity index (χ3v) is 2.08. The molecule has 0 saturated heterocycles. The van der Waals surface area contributed by atoms with E-state index in [4.69, 9.17) is 5.73 Å². The smallest absolute Gasteiger partial charge is 0.165 e. The average molecular weight is 183 g/mol. The molecule has 0 amide bonds. The van der Waals surface area contributed by atoms with Crippen LogP contribution in [0.3, 0.4) is 0 Å². The van der Waals surface area contributed by atoms with Crippen LogP contribution in [0.2, 0.25) is 0 Å². The number of halogens is 1. The van der Waals surface area contributed by atoms with Crippen molar-refractivity contribution in [3.63, 3.8) is 0 Å². The molecule has 0 spiro atoms. The number of aryl methyl sites for hydroxylation is 1. The standard InChI is InChI=1S/C10H14FNO/c1-3-9(12)7-4-6(2)5-8(11)10(7)13/h4-5,9,13H,3,12H2,1-2H3/t9-/m0/s1. The number of phenols is 1. The van der Waals surface area contributed by atoms with Crippen molar-refractivity contribution in [3.8, 4) is 5.75 Å². The topological polar surface area (TPSA) is 46.2 Å². The maximum absolute atomic E-state index is 13.0. The normalized spacial score (nSPS) is 12.9. The van der Waals surface area contributed by atoms with Crippen molar-refractivity contribution in [3.05, 3.63) is 29.1 Å². The fraction of sp³-hybridized carbons (Fsp3) is 0.400. The van der Waals surface area contributed by atoms with E-state index in [0.29, 0.717) is 12.0 Å². The Bertz CT molecular complexity index is 312. The molecule has 13 heavy (non-hydrogen) atoms. The van der Waals surface area contributed by atoms with Crippen LogP contribution in [-0.4, -0.2) is 5.11 Å². The number of rotatable bonds is 2. The zero-order chi connectivity index (χ0) is 10.0. The molecular formula is C10H14FNO. The maximum Gasteiger partial charge on any atom is 0.165 e. The summed E-state index contributed by atoms with van der Waals surface area (Å²) in [7, 11) is 0. The zero-order valence-electron chi connectivity index (χ0n) is 7.84. The molecule has 3 N–H and O–H groups in total. The third kappa shape index (κ3) is 1.98. The summed E-state index contributed by atoms with van der Waals surface area (Å²) in [4.78, 5) is 0. The molecule has 1 rings (SSSR count). The minimum atomic E-state index is -0.598. The Morgan fingerprint density at radius 1 is 1.54 bits per heavy atom. The highest BCUT2D eigenvalue weighted by Gasteiger charge is 2.13. The Morgan fingerprint density at radius 2 is 2.15 bits per heavy atom. The molecule has 0 aliphatic heterocycles. The van der Waals surface area contributed by atoms with Crippen LogP contribution in [-0.2, 0) is 0 Å². The molecule has 0 heterocycles. The van der Waals surface area contributed by atoms with Crippen LogP contribution in [0.15, 0.2) is 12.1 Å². The second-order valence-corrected chi connectivity index (χ2v) is 3.20. The van der Waals surface area contributed by atoms with E-state index in [-0.39, 0.29) is 11.8 Å². The lowest BCUT2D eigenvalue weighted by atomic mass is 10.0. The molecule has 0 aromatic heterocycles. The number of aromatic hydroxyl groups is 1. The van der Waals surface area contributed by atoms with Crippen LogP contribution in [0, 0.1) is 12.7 Å². The van der Waals surface area contributed by atoms with Gasteiger partial charge in [-0.15, -0.1) is 0 Å². The number of phenolic OH excluding ortho intramolecular Hbond substituents is 1. The van der Waals surface area contributed by atoms with Gasteiger partial charge < -0.3 is 10.8 Å². The van der Waals surface area contributed by atoms with Gasteiger partial charge in [-0.05, 0) is 25.0 Å². The summed E-state index contributed by atoms with van der Waals surface area (Å²) in [5, 5.41) is 9.37. The monoisotopic (exact) mass is 183 g/mol. The lowest BCUT2D eigenvalue weighted by Gasteiger charge is -2.12. The Balaban J connectivity index is 3.20. The molecule has 0 aliphatic carbocycles. The Labute approximate surface area is 77.2 Å². The van der Waals surface area contributed by atoms with Crippen LogP contribution in [0.4, 0.5) is 4.39 Å². The summed E-state index contributed by atoms with van der Waals surface area (Å²) in [6.07, 6.45) is 0.677. The fourth-order valence-corrected chi connectivity index (χ4v) is 1.26. The lowest BCUT2D eigenvalue weighted by molar-refractivity contribution is 0.419. The van der Waals surface area contributed by atoms with Gasteiger partial charge in [-0.3, -0.25) is 0 Å². The van der Waals surface area contributed by atoms with Gasteiger partial charge in [0.2, 0.25) is 0 Å². The molecule has 0 unspecified atom stereocenters. The van der Waals surface area contributed by atoms with Gasteiger partial charge in [0, 0.05) is 11.6 Å². The van der Waals surface area contributed by atoms with Gasteiger partial charge in [0.15, 0.2) is 11.6 Å². The predicted molar refractivity (Wildman–Crippen MR) is 50.0 cm³/mol. The van der Waals surface area contributed by atoms with Gasteiger partial charge in [0.25, 0.3) is 0 Å². The summed E-state index contributed by atoms with van der Waals surface area (Å²) in [6, 6.07) is 2.71. The fourth-order valence-electron chi connectivity index (χ4n) is 1.26. The molecule has 0 saturated carbocycles. The van der Waals surface area contributed by atoms with Gasteiger partial charge in [-0.25, -0.2) is 4.39 Å². The van der Waals surface area contributed by atoms with Crippen molar-refractivity contribution < 1.29 is 9.50 Å². The largest absolute Gasteiger partial charge is 0.505 e. The Kier molecular flexibility index (Phi) is 2.88. The molecule has 1 aromatic carbocycles. The second-order valence-electron chi connectivity index (χ2n) is 3.20. The van der Waals surface area contributed by atoms with Gasteiger partial charge in [0.05, 0.1) is 0 Å². The van der Waals surface area contributed by atoms with Crippen LogP contribution >= 0.6 is 0 Å². The van der Waals surface area contributed by atoms with E-state index in [2.05, 4.69) is 0 Å². The van der Waals surface area contributed by atoms with E-state index in [0.717, 1.165) is 5.56 Å². The number of hydrogen-bond donors (Lipinski definition) is 2. The van der Waals surface area contributed by atoms with E-state index in [9.17, 15) is 9.50 Å². The maximum atomic E-state index is 13.0. The van der Waals surface area contributed by atoms with E-state index in [1.165, 1.54) is 6.07 Å². The predicted octanol–water partition coefficient (Wildman–Crippen LogP) is 2.25. The molecule has 0 fully saturated rings. The highest BCUT2D eigenvalue weighted by molar-refractivity contribution is 5.39. The first kappa shape index (κ1) is 9.99. The molecule has 1 atom stereocenters. The van der Waals surface area contributed by atoms with Crippen LogP contribution in [0.1, 0.15) is 30.5 Å². The highest BCUT2D eigenvalue weighted by Crippen LogP contribution is 2.28. The molecule has 0 radical (unpaired) electrons. The van der Waals surface area contributed by atoms with Crippen molar-refractivity contribution in [2.24, 2.45) is 5.73 Å². The molecule has 72 valence electrons. The van der Waals surface area contributed by atoms with Crippen LogP contribution < -0.4 is 5.73 Å². The van der Waals surface area contributed by atoms with Gasteiger partial charge >= 0.3 is 0 Å². The number of benzene rings is 1. The van der Waals surface area contributed by atoms with Crippen LogP contribution in [0.5, 0.6) is 5.75 Å². The summed E-state index contributed by atoms with van der Waals surface area (Å²) < 4.78 is 13.0. The first-order chi connectivity index (χ1) is 6.06. The van der Waals surface area contributed by atoms with Crippen LogP contribution in [0.25, 0.3) is 0 Å². The molecule has 1 aromatic rings. The zero-order valence-corrected chi connectivity index (χ0v) is 7.84. The number of nitrogens with two attached hydrogens (primary N) is 1. The van der Waals surface area contributed by atoms with E-state index in [1.807, 2.05) is 6.92 Å². The molecule has 2 nitrogen and oxygen atoms in total. The van der Waals surface area contributed by atoms with E-state index >= 15 is 0 Å². The van der Waals surface area contributed by atoms with E-state index < -0.39 is 5.82 Å².